The first-order chi connectivity index (χ1) is 8.85. The van der Waals surface area contributed by atoms with E-state index in [1.54, 1.807) is 0 Å². The van der Waals surface area contributed by atoms with Crippen LogP contribution in [0.15, 0.2) is 18.2 Å². The summed E-state index contributed by atoms with van der Waals surface area (Å²) < 4.78 is 5.35. The van der Waals surface area contributed by atoms with Gasteiger partial charge >= 0.3 is 0 Å². The van der Waals surface area contributed by atoms with E-state index in [1.165, 1.54) is 0 Å². The average Bonchev–Trinajstić information content (AvgIpc) is 2.34. The fraction of sp³-hybridized carbons (Fsp3) is 0.533. The Morgan fingerprint density at radius 3 is 2.84 bits per heavy atom. The summed E-state index contributed by atoms with van der Waals surface area (Å²) in [6.07, 6.45) is 0. The van der Waals surface area contributed by atoms with Gasteiger partial charge in [-0.15, -0.1) is 0 Å². The van der Waals surface area contributed by atoms with Crippen LogP contribution in [0.2, 0.25) is 0 Å². The van der Waals surface area contributed by atoms with Crippen molar-refractivity contribution in [1.82, 2.24) is 5.32 Å². The molecule has 2 N–H and O–H groups in total. The summed E-state index contributed by atoms with van der Waals surface area (Å²) in [5.74, 6) is 0.645. The molecule has 1 heterocycles. The minimum atomic E-state index is -0.0973. The zero-order valence-electron chi connectivity index (χ0n) is 12.0. The van der Waals surface area contributed by atoms with Gasteiger partial charge in [0.2, 0.25) is 0 Å². The maximum Gasteiger partial charge on any atom is 0.262 e. The Morgan fingerprint density at radius 1 is 1.42 bits per heavy atom. The van der Waals surface area contributed by atoms with E-state index >= 15 is 0 Å². The van der Waals surface area contributed by atoms with Gasteiger partial charge in [-0.05, 0) is 30.0 Å². The van der Waals surface area contributed by atoms with Crippen LogP contribution >= 0.6 is 0 Å². The standard InChI is InChI=1S/C15H22N2O2/c1-10(16-9-15(2,3)4)11-5-6-13-12(7-11)17-14(18)8-19-13/h5-7,10,16H,8-9H2,1-4H3,(H,17,18). The molecule has 0 bridgehead atoms. The van der Waals surface area contributed by atoms with Gasteiger partial charge in [0.25, 0.3) is 5.91 Å². The number of carbonyl (C=O) groups excluding carboxylic acids is 1. The molecule has 4 heteroatoms. The minimum Gasteiger partial charge on any atom is -0.482 e. The number of anilines is 1. The zero-order chi connectivity index (χ0) is 14.0. The molecule has 1 atom stereocenters. The third kappa shape index (κ3) is 3.70. The Labute approximate surface area is 114 Å². The van der Waals surface area contributed by atoms with Crippen molar-refractivity contribution in [1.29, 1.82) is 0 Å². The number of amides is 1. The van der Waals surface area contributed by atoms with Gasteiger partial charge in [-0.2, -0.15) is 0 Å². The Kier molecular flexibility index (Phi) is 3.80. The van der Waals surface area contributed by atoms with Gasteiger partial charge < -0.3 is 15.4 Å². The fourth-order valence-electron chi connectivity index (χ4n) is 1.95. The van der Waals surface area contributed by atoms with E-state index in [0.29, 0.717) is 0 Å². The number of fused-ring (bicyclic) bond motifs is 1. The average molecular weight is 262 g/mol. The minimum absolute atomic E-state index is 0.0973. The summed E-state index contributed by atoms with van der Waals surface area (Å²) in [6, 6.07) is 6.17. The molecule has 1 unspecified atom stereocenters. The van der Waals surface area contributed by atoms with Crippen LogP contribution < -0.4 is 15.4 Å². The summed E-state index contributed by atoms with van der Waals surface area (Å²) in [4.78, 5) is 11.3. The van der Waals surface area contributed by atoms with Gasteiger partial charge in [0, 0.05) is 12.6 Å². The van der Waals surface area contributed by atoms with Gasteiger partial charge in [0.1, 0.15) is 5.75 Å². The first-order valence-electron chi connectivity index (χ1n) is 6.65. The molecule has 0 radical (unpaired) electrons. The molecule has 1 amide bonds. The highest BCUT2D eigenvalue weighted by Gasteiger charge is 2.18. The van der Waals surface area contributed by atoms with Crippen molar-refractivity contribution in [3.05, 3.63) is 23.8 Å². The summed E-state index contributed by atoms with van der Waals surface area (Å²) in [5, 5.41) is 6.34. The molecular formula is C15H22N2O2. The molecule has 2 rings (SSSR count). The zero-order valence-corrected chi connectivity index (χ0v) is 12.0. The van der Waals surface area contributed by atoms with Crippen LogP contribution in [0.4, 0.5) is 5.69 Å². The summed E-state index contributed by atoms with van der Waals surface area (Å²) in [7, 11) is 0. The van der Waals surface area contributed by atoms with Gasteiger partial charge in [0.05, 0.1) is 5.69 Å². The lowest BCUT2D eigenvalue weighted by atomic mass is 9.96. The van der Waals surface area contributed by atoms with Gasteiger partial charge in [-0.3, -0.25) is 4.79 Å². The quantitative estimate of drug-likeness (QED) is 0.880. The number of hydrogen-bond donors (Lipinski definition) is 2. The van der Waals surface area contributed by atoms with Crippen molar-refractivity contribution in [2.24, 2.45) is 5.41 Å². The topological polar surface area (TPSA) is 50.4 Å². The molecule has 0 spiro atoms. The van der Waals surface area contributed by atoms with Crippen LogP contribution in [0.1, 0.15) is 39.3 Å². The Morgan fingerprint density at radius 2 is 2.16 bits per heavy atom. The highest BCUT2D eigenvalue weighted by molar-refractivity contribution is 5.95. The number of carbonyl (C=O) groups is 1. The molecule has 1 aliphatic rings. The van der Waals surface area contributed by atoms with E-state index in [9.17, 15) is 4.79 Å². The second kappa shape index (κ2) is 5.21. The maximum atomic E-state index is 11.3. The number of nitrogens with one attached hydrogen (secondary N) is 2. The molecule has 1 aliphatic heterocycles. The van der Waals surface area contributed by atoms with E-state index in [2.05, 4.69) is 38.3 Å². The van der Waals surface area contributed by atoms with Crippen molar-refractivity contribution in [2.45, 2.75) is 33.7 Å². The number of ether oxygens (including phenoxy) is 1. The Hall–Kier alpha value is -1.55. The summed E-state index contributed by atoms with van der Waals surface area (Å²) in [6.45, 7) is 9.77. The van der Waals surface area contributed by atoms with Crippen LogP contribution in [-0.4, -0.2) is 19.1 Å². The molecule has 0 fully saturated rings. The lowest BCUT2D eigenvalue weighted by Crippen LogP contribution is -2.29. The highest BCUT2D eigenvalue weighted by atomic mass is 16.5. The molecule has 0 aromatic heterocycles. The molecule has 1 aromatic carbocycles. The number of hydrogen-bond acceptors (Lipinski definition) is 3. The molecule has 104 valence electrons. The van der Waals surface area contributed by atoms with Crippen LogP contribution in [0.25, 0.3) is 0 Å². The molecule has 19 heavy (non-hydrogen) atoms. The van der Waals surface area contributed by atoms with E-state index in [4.69, 9.17) is 4.74 Å². The van der Waals surface area contributed by atoms with Crippen molar-refractivity contribution in [3.63, 3.8) is 0 Å². The third-order valence-corrected chi connectivity index (χ3v) is 3.08. The van der Waals surface area contributed by atoms with Crippen molar-refractivity contribution >= 4 is 11.6 Å². The molecule has 0 saturated carbocycles. The second-order valence-electron chi connectivity index (χ2n) is 6.26. The van der Waals surface area contributed by atoms with E-state index < -0.39 is 0 Å². The van der Waals surface area contributed by atoms with Crippen LogP contribution in [-0.2, 0) is 4.79 Å². The normalized spacial score (nSPS) is 16.3. The fourth-order valence-corrected chi connectivity index (χ4v) is 1.95. The van der Waals surface area contributed by atoms with Crippen molar-refractivity contribution in [2.75, 3.05) is 18.5 Å². The van der Waals surface area contributed by atoms with E-state index in [1.807, 2.05) is 18.2 Å². The number of rotatable bonds is 3. The first kappa shape index (κ1) is 13.9. The predicted octanol–water partition coefficient (Wildman–Crippen LogP) is 2.71. The largest absolute Gasteiger partial charge is 0.482 e. The van der Waals surface area contributed by atoms with Gasteiger partial charge in [-0.25, -0.2) is 0 Å². The summed E-state index contributed by atoms with van der Waals surface area (Å²) in [5.41, 5.74) is 2.16. The van der Waals surface area contributed by atoms with Crippen molar-refractivity contribution < 1.29 is 9.53 Å². The SMILES string of the molecule is CC(NCC(C)(C)C)c1ccc2c(c1)NC(=O)CO2. The molecule has 0 aliphatic carbocycles. The Balaban J connectivity index is 2.08. The molecule has 4 nitrogen and oxygen atoms in total. The van der Waals surface area contributed by atoms with Gasteiger partial charge in [0.15, 0.2) is 6.61 Å². The van der Waals surface area contributed by atoms with Crippen LogP contribution in [0.5, 0.6) is 5.75 Å². The van der Waals surface area contributed by atoms with Crippen molar-refractivity contribution in [3.8, 4) is 5.75 Å². The molecular weight excluding hydrogens is 240 g/mol. The molecule has 0 saturated heterocycles. The summed E-state index contributed by atoms with van der Waals surface area (Å²) >= 11 is 0. The second-order valence-corrected chi connectivity index (χ2v) is 6.26. The lowest BCUT2D eigenvalue weighted by molar-refractivity contribution is -0.118. The monoisotopic (exact) mass is 262 g/mol. The highest BCUT2D eigenvalue weighted by Crippen LogP contribution is 2.30. The number of benzene rings is 1. The van der Waals surface area contributed by atoms with Crippen LogP contribution in [0.3, 0.4) is 0 Å². The van der Waals surface area contributed by atoms with Gasteiger partial charge in [-0.1, -0.05) is 26.8 Å². The Bertz CT molecular complexity index is 478. The smallest absolute Gasteiger partial charge is 0.262 e. The first-order valence-corrected chi connectivity index (χ1v) is 6.65. The van der Waals surface area contributed by atoms with E-state index in [-0.39, 0.29) is 24.0 Å². The lowest BCUT2D eigenvalue weighted by Gasteiger charge is -2.24. The third-order valence-electron chi connectivity index (χ3n) is 3.08. The van der Waals surface area contributed by atoms with Crippen LogP contribution in [0, 0.1) is 5.41 Å². The maximum absolute atomic E-state index is 11.3. The van der Waals surface area contributed by atoms with E-state index in [0.717, 1.165) is 23.5 Å². The molecule has 1 aromatic rings. The predicted molar refractivity (Wildman–Crippen MR) is 76.4 cm³/mol.